The molecular weight excluding hydrogens is 860 g/mol. The zero-order chi connectivity index (χ0) is 23.3. The molecule has 3 rings (SSSR count). The topological polar surface area (TPSA) is 139 Å². The Labute approximate surface area is 231 Å². The van der Waals surface area contributed by atoms with E-state index in [1.165, 1.54) is 12.2 Å². The molecule has 0 saturated heterocycles. The Bertz CT molecular complexity index is 1010. The minimum Gasteiger partial charge on any atom is -0.506 e. The van der Waals surface area contributed by atoms with Crippen LogP contribution in [0.15, 0.2) is 36.4 Å². The average molecular weight is 874 g/mol. The van der Waals surface area contributed by atoms with Gasteiger partial charge >= 0.3 is 5.97 Å². The van der Waals surface area contributed by atoms with E-state index in [4.69, 9.17) is 15.6 Å². The number of aliphatic carboxylic acids is 1. The Kier molecular flexibility index (Phi) is 10.2. The molecule has 1 unspecified atom stereocenters. The number of ether oxygens (including phenoxy) is 1. The predicted molar refractivity (Wildman–Crippen MR) is 147 cm³/mol. The second kappa shape index (κ2) is 11.9. The van der Waals surface area contributed by atoms with Crippen LogP contribution < -0.4 is 15.8 Å². The summed E-state index contributed by atoms with van der Waals surface area (Å²) in [7, 11) is 0. The number of hydrogen-bond donors (Lipinski definition) is 4. The number of carboxylic acid groups (broad SMARTS) is 1. The standard InChI is InChI=1S/C15H11I4NO4.C4H3NO2/c16-8-4-7(5-9(17)13(8)21)24-14-10(18)1-6(2-11(14)19)3-12(20)15(22)23;6-3-1-2-4(7)5-3/h1-2,4-5,12,21H,3,20H2,(H,22,23);1-2H,(H,5,6,7). The van der Waals surface area contributed by atoms with Gasteiger partial charge in [-0.25, -0.2) is 0 Å². The molecule has 0 radical (unpaired) electrons. The van der Waals surface area contributed by atoms with Gasteiger partial charge in [-0.05, 0) is 127 Å². The first-order chi connectivity index (χ1) is 14.5. The van der Waals surface area contributed by atoms with Crippen molar-refractivity contribution in [2.75, 3.05) is 0 Å². The number of benzene rings is 2. The third-order valence-corrected chi connectivity index (χ3v) is 6.92. The van der Waals surface area contributed by atoms with Gasteiger partial charge in [0.25, 0.3) is 11.8 Å². The smallest absolute Gasteiger partial charge is 0.320 e. The molecule has 0 saturated carbocycles. The fourth-order valence-corrected chi connectivity index (χ4v) is 6.07. The molecule has 8 nitrogen and oxygen atoms in total. The molecule has 1 aliphatic rings. The summed E-state index contributed by atoms with van der Waals surface area (Å²) in [5.74, 6) is -0.108. The minimum absolute atomic E-state index is 0.242. The highest BCUT2D eigenvalue weighted by Crippen LogP contribution is 2.36. The second-order valence-electron chi connectivity index (χ2n) is 6.06. The van der Waals surface area contributed by atoms with Crippen LogP contribution in [0.4, 0.5) is 0 Å². The van der Waals surface area contributed by atoms with Crippen molar-refractivity contribution in [2.24, 2.45) is 5.73 Å². The van der Waals surface area contributed by atoms with Crippen LogP contribution in [0.2, 0.25) is 0 Å². The quantitative estimate of drug-likeness (QED) is 0.266. The van der Waals surface area contributed by atoms with Gasteiger partial charge < -0.3 is 20.7 Å². The number of phenols is 1. The highest BCUT2D eigenvalue weighted by atomic mass is 127. The van der Waals surface area contributed by atoms with Crippen LogP contribution in [-0.2, 0) is 20.8 Å². The minimum atomic E-state index is -1.02. The number of rotatable bonds is 5. The average Bonchev–Trinajstić information content (AvgIpc) is 3.05. The number of hydrogen-bond acceptors (Lipinski definition) is 6. The second-order valence-corrected chi connectivity index (χ2v) is 10.7. The molecule has 1 heterocycles. The summed E-state index contributed by atoms with van der Waals surface area (Å²) in [6.45, 7) is 0. The first-order valence-electron chi connectivity index (χ1n) is 8.33. The fourth-order valence-electron chi connectivity index (χ4n) is 2.24. The van der Waals surface area contributed by atoms with E-state index in [9.17, 15) is 19.5 Å². The van der Waals surface area contributed by atoms with Crippen LogP contribution in [-0.4, -0.2) is 34.0 Å². The van der Waals surface area contributed by atoms with E-state index < -0.39 is 12.0 Å². The van der Waals surface area contributed by atoms with E-state index in [0.29, 0.717) is 18.6 Å². The largest absolute Gasteiger partial charge is 0.506 e. The van der Waals surface area contributed by atoms with Crippen molar-refractivity contribution >= 4 is 108 Å². The number of carbonyl (C=O) groups excluding carboxylic acids is 2. The van der Waals surface area contributed by atoms with Crippen molar-refractivity contribution in [2.45, 2.75) is 12.5 Å². The van der Waals surface area contributed by atoms with E-state index in [0.717, 1.165) is 12.7 Å². The van der Waals surface area contributed by atoms with Gasteiger partial charge in [-0.15, -0.1) is 0 Å². The highest BCUT2D eigenvalue weighted by molar-refractivity contribution is 14.1. The molecule has 2 aromatic rings. The van der Waals surface area contributed by atoms with Crippen molar-refractivity contribution in [3.05, 3.63) is 56.3 Å². The van der Waals surface area contributed by atoms with Crippen LogP contribution in [0.3, 0.4) is 0 Å². The summed E-state index contributed by atoms with van der Waals surface area (Å²) in [4.78, 5) is 31.0. The molecule has 5 N–H and O–H groups in total. The Hall–Kier alpha value is -0.730. The normalized spacial score (nSPS) is 13.3. The van der Waals surface area contributed by atoms with Crippen LogP contribution in [0.25, 0.3) is 0 Å². The first-order valence-corrected chi connectivity index (χ1v) is 12.6. The number of phenolic OH excluding ortho intramolecular Hbond substituents is 1. The van der Waals surface area contributed by atoms with Crippen molar-refractivity contribution < 1.29 is 29.3 Å². The Morgan fingerprint density at radius 1 is 0.968 bits per heavy atom. The molecule has 1 atom stereocenters. The molecule has 2 amide bonds. The lowest BCUT2D eigenvalue weighted by Gasteiger charge is -2.14. The Morgan fingerprint density at radius 2 is 1.45 bits per heavy atom. The molecule has 0 bridgehead atoms. The molecule has 0 spiro atoms. The maximum Gasteiger partial charge on any atom is 0.320 e. The van der Waals surface area contributed by atoms with Crippen LogP contribution in [0.1, 0.15) is 5.56 Å². The first kappa shape index (κ1) is 26.5. The zero-order valence-corrected chi connectivity index (χ0v) is 24.0. The predicted octanol–water partition coefficient (Wildman–Crippen LogP) is 3.76. The van der Waals surface area contributed by atoms with Crippen molar-refractivity contribution in [1.82, 2.24) is 5.32 Å². The third-order valence-electron chi connectivity index (χ3n) is 3.67. The number of aromatic hydroxyl groups is 1. The van der Waals surface area contributed by atoms with E-state index in [1.807, 2.05) is 17.4 Å². The van der Waals surface area contributed by atoms with Crippen LogP contribution in [0.5, 0.6) is 17.2 Å². The van der Waals surface area contributed by atoms with Gasteiger partial charge in [0.1, 0.15) is 17.5 Å². The van der Waals surface area contributed by atoms with Crippen LogP contribution in [0, 0.1) is 14.3 Å². The maximum atomic E-state index is 10.9. The zero-order valence-electron chi connectivity index (χ0n) is 15.4. The SMILES string of the molecule is NC(Cc1cc(I)c(Oc2cc(I)c(O)c(I)c2)c(I)c1)C(=O)O.O=C1C=CC(=O)N1. The molecule has 31 heavy (non-hydrogen) atoms. The summed E-state index contributed by atoms with van der Waals surface area (Å²) in [5.41, 5.74) is 6.44. The molecule has 1 aliphatic heterocycles. The van der Waals surface area contributed by atoms with Gasteiger partial charge in [0, 0.05) is 12.2 Å². The molecule has 0 aromatic heterocycles. The third kappa shape index (κ3) is 7.97. The van der Waals surface area contributed by atoms with Crippen molar-refractivity contribution in [1.29, 1.82) is 0 Å². The Balaban J connectivity index is 0.000000412. The number of imide groups is 1. The lowest BCUT2D eigenvalue weighted by Crippen LogP contribution is -2.32. The molecular formula is C19H14I4N2O6. The maximum absolute atomic E-state index is 10.9. The summed E-state index contributed by atoms with van der Waals surface area (Å²) in [6, 6.07) is 6.34. The van der Waals surface area contributed by atoms with Gasteiger partial charge in [0.2, 0.25) is 0 Å². The lowest BCUT2D eigenvalue weighted by molar-refractivity contribution is -0.138. The van der Waals surface area contributed by atoms with Crippen LogP contribution >= 0.6 is 90.4 Å². The fraction of sp³-hybridized carbons (Fsp3) is 0.105. The van der Waals surface area contributed by atoms with Gasteiger partial charge in [0.15, 0.2) is 5.75 Å². The highest BCUT2D eigenvalue weighted by Gasteiger charge is 2.16. The monoisotopic (exact) mass is 874 g/mol. The molecule has 0 aliphatic carbocycles. The van der Waals surface area contributed by atoms with Gasteiger partial charge in [-0.3, -0.25) is 19.7 Å². The summed E-state index contributed by atoms with van der Waals surface area (Å²) in [6.07, 6.45) is 2.65. The lowest BCUT2D eigenvalue weighted by atomic mass is 10.1. The molecule has 0 fully saturated rings. The van der Waals surface area contributed by atoms with Gasteiger partial charge in [-0.1, -0.05) is 0 Å². The van der Waals surface area contributed by atoms with E-state index in [1.54, 1.807) is 12.1 Å². The van der Waals surface area contributed by atoms with E-state index in [2.05, 4.69) is 90.4 Å². The summed E-state index contributed by atoms with van der Waals surface area (Å²) < 4.78 is 9.14. The molecule has 2 aromatic carbocycles. The molecule has 12 heteroatoms. The van der Waals surface area contributed by atoms with E-state index in [-0.39, 0.29) is 24.0 Å². The van der Waals surface area contributed by atoms with Crippen molar-refractivity contribution in [3.8, 4) is 17.2 Å². The van der Waals surface area contributed by atoms with Gasteiger partial charge in [-0.2, -0.15) is 0 Å². The number of amides is 2. The number of nitrogens with one attached hydrogen (secondary N) is 1. The number of carbonyl (C=O) groups is 3. The van der Waals surface area contributed by atoms with Crippen molar-refractivity contribution in [3.63, 3.8) is 0 Å². The number of halogens is 4. The summed E-state index contributed by atoms with van der Waals surface area (Å²) >= 11 is 8.42. The molecule has 164 valence electrons. The van der Waals surface area contributed by atoms with E-state index >= 15 is 0 Å². The number of carboxylic acids is 1. The summed E-state index contributed by atoms with van der Waals surface area (Å²) in [5, 5.41) is 20.8. The van der Waals surface area contributed by atoms with Gasteiger partial charge in [0.05, 0.1) is 14.3 Å². The Morgan fingerprint density at radius 3 is 1.84 bits per heavy atom. The number of nitrogens with two attached hydrogens (primary N) is 1.